The SMILES string of the molecule is CC(C)CNCC(C)CN(C)Cc1cscn1. The Labute approximate surface area is 109 Å². The predicted octanol–water partition coefficient (Wildman–Crippen LogP) is 2.46. The van der Waals surface area contributed by atoms with Crippen LogP contribution in [0.4, 0.5) is 0 Å². The third kappa shape index (κ3) is 6.76. The van der Waals surface area contributed by atoms with Gasteiger partial charge in [-0.05, 0) is 32.0 Å². The Morgan fingerprint density at radius 3 is 2.71 bits per heavy atom. The smallest absolute Gasteiger partial charge is 0.0795 e. The fourth-order valence-electron chi connectivity index (χ4n) is 1.87. The molecule has 0 saturated carbocycles. The largest absolute Gasteiger partial charge is 0.316 e. The lowest BCUT2D eigenvalue weighted by Gasteiger charge is -2.21. The fraction of sp³-hybridized carbons (Fsp3) is 0.769. The molecule has 1 aromatic heterocycles. The van der Waals surface area contributed by atoms with Gasteiger partial charge >= 0.3 is 0 Å². The van der Waals surface area contributed by atoms with Crippen molar-refractivity contribution in [2.45, 2.75) is 27.3 Å². The summed E-state index contributed by atoms with van der Waals surface area (Å²) in [4.78, 5) is 6.65. The molecular weight excluding hydrogens is 230 g/mol. The molecule has 98 valence electrons. The standard InChI is InChI=1S/C13H25N3S/c1-11(2)5-14-6-12(3)7-16(4)8-13-9-17-10-15-13/h9-12,14H,5-8H2,1-4H3. The second-order valence-electron chi connectivity index (χ2n) is 5.33. The number of aromatic nitrogens is 1. The average Bonchev–Trinajstić information content (AvgIpc) is 2.69. The summed E-state index contributed by atoms with van der Waals surface area (Å²) in [7, 11) is 2.16. The van der Waals surface area contributed by atoms with Gasteiger partial charge in [0.1, 0.15) is 0 Å². The maximum atomic E-state index is 4.31. The number of hydrogen-bond acceptors (Lipinski definition) is 4. The van der Waals surface area contributed by atoms with Gasteiger partial charge in [0.25, 0.3) is 0 Å². The van der Waals surface area contributed by atoms with Crippen LogP contribution in [0, 0.1) is 11.8 Å². The quantitative estimate of drug-likeness (QED) is 0.773. The maximum Gasteiger partial charge on any atom is 0.0795 e. The van der Waals surface area contributed by atoms with Crippen LogP contribution < -0.4 is 5.32 Å². The number of rotatable bonds is 8. The predicted molar refractivity (Wildman–Crippen MR) is 75.3 cm³/mol. The molecule has 0 saturated heterocycles. The molecule has 4 heteroatoms. The van der Waals surface area contributed by atoms with Crippen molar-refractivity contribution in [3.8, 4) is 0 Å². The molecule has 3 nitrogen and oxygen atoms in total. The molecule has 1 N–H and O–H groups in total. The molecule has 1 atom stereocenters. The molecule has 1 rings (SSSR count). The molecule has 17 heavy (non-hydrogen) atoms. The molecule has 0 radical (unpaired) electrons. The molecule has 0 spiro atoms. The first-order valence-corrected chi connectivity index (χ1v) is 7.28. The van der Waals surface area contributed by atoms with Gasteiger partial charge in [-0.2, -0.15) is 0 Å². The molecule has 0 bridgehead atoms. The van der Waals surface area contributed by atoms with Crippen molar-refractivity contribution in [2.75, 3.05) is 26.7 Å². The average molecular weight is 255 g/mol. The topological polar surface area (TPSA) is 28.2 Å². The molecule has 1 aromatic rings. The Bertz CT molecular complexity index is 285. The van der Waals surface area contributed by atoms with Crippen LogP contribution in [-0.4, -0.2) is 36.6 Å². The summed E-state index contributed by atoms with van der Waals surface area (Å²) in [6.07, 6.45) is 0. The van der Waals surface area contributed by atoms with Gasteiger partial charge in [-0.25, -0.2) is 4.98 Å². The van der Waals surface area contributed by atoms with Crippen LogP contribution in [0.5, 0.6) is 0 Å². The Hall–Kier alpha value is -0.450. The van der Waals surface area contributed by atoms with Crippen molar-refractivity contribution in [3.63, 3.8) is 0 Å². The highest BCUT2D eigenvalue weighted by atomic mass is 32.1. The molecule has 1 heterocycles. The zero-order valence-electron chi connectivity index (χ0n) is 11.4. The van der Waals surface area contributed by atoms with Gasteiger partial charge in [0.2, 0.25) is 0 Å². The minimum absolute atomic E-state index is 0.678. The van der Waals surface area contributed by atoms with Crippen molar-refractivity contribution in [1.29, 1.82) is 0 Å². The number of nitrogens with one attached hydrogen (secondary N) is 1. The third-order valence-electron chi connectivity index (χ3n) is 2.58. The fourth-order valence-corrected chi connectivity index (χ4v) is 2.42. The van der Waals surface area contributed by atoms with Crippen LogP contribution >= 0.6 is 11.3 Å². The first-order chi connectivity index (χ1) is 8.08. The minimum Gasteiger partial charge on any atom is -0.316 e. The summed E-state index contributed by atoms with van der Waals surface area (Å²) >= 11 is 1.67. The normalized spacial score (nSPS) is 13.5. The summed E-state index contributed by atoms with van der Waals surface area (Å²) in [5.74, 6) is 1.41. The van der Waals surface area contributed by atoms with Crippen LogP contribution in [0.15, 0.2) is 10.9 Å². The van der Waals surface area contributed by atoms with E-state index in [2.05, 4.69) is 48.4 Å². The summed E-state index contributed by atoms with van der Waals surface area (Å²) in [6, 6.07) is 0. The third-order valence-corrected chi connectivity index (χ3v) is 3.22. The van der Waals surface area contributed by atoms with Gasteiger partial charge in [0.15, 0.2) is 0 Å². The van der Waals surface area contributed by atoms with E-state index in [-0.39, 0.29) is 0 Å². The van der Waals surface area contributed by atoms with Gasteiger partial charge in [0, 0.05) is 18.5 Å². The lowest BCUT2D eigenvalue weighted by molar-refractivity contribution is 0.270. The lowest BCUT2D eigenvalue weighted by atomic mass is 10.1. The van der Waals surface area contributed by atoms with Crippen LogP contribution in [-0.2, 0) is 6.54 Å². The Morgan fingerprint density at radius 2 is 2.12 bits per heavy atom. The summed E-state index contributed by atoms with van der Waals surface area (Å²) in [5, 5.41) is 5.63. The van der Waals surface area contributed by atoms with Crippen LogP contribution in [0.3, 0.4) is 0 Å². The van der Waals surface area contributed by atoms with Crippen molar-refractivity contribution in [1.82, 2.24) is 15.2 Å². The van der Waals surface area contributed by atoms with Gasteiger partial charge in [-0.3, -0.25) is 0 Å². The maximum absolute atomic E-state index is 4.31. The molecule has 0 amide bonds. The molecule has 0 aliphatic carbocycles. The van der Waals surface area contributed by atoms with Gasteiger partial charge in [0.05, 0.1) is 11.2 Å². The zero-order valence-corrected chi connectivity index (χ0v) is 12.3. The Morgan fingerprint density at radius 1 is 1.35 bits per heavy atom. The second kappa shape index (κ2) is 7.80. The molecule has 0 aromatic carbocycles. The van der Waals surface area contributed by atoms with Crippen molar-refractivity contribution >= 4 is 11.3 Å². The van der Waals surface area contributed by atoms with Crippen LogP contribution in [0.2, 0.25) is 0 Å². The summed E-state index contributed by atoms with van der Waals surface area (Å²) < 4.78 is 0. The van der Waals surface area contributed by atoms with E-state index in [0.717, 1.165) is 32.1 Å². The molecule has 0 fully saturated rings. The highest BCUT2D eigenvalue weighted by Crippen LogP contribution is 2.06. The highest BCUT2D eigenvalue weighted by molar-refractivity contribution is 7.07. The van der Waals surface area contributed by atoms with Gasteiger partial charge in [-0.15, -0.1) is 11.3 Å². The van der Waals surface area contributed by atoms with Gasteiger partial charge < -0.3 is 10.2 Å². The first kappa shape index (κ1) is 14.6. The Balaban J connectivity index is 2.14. The highest BCUT2D eigenvalue weighted by Gasteiger charge is 2.07. The van der Waals surface area contributed by atoms with E-state index in [4.69, 9.17) is 0 Å². The zero-order chi connectivity index (χ0) is 12.7. The number of hydrogen-bond donors (Lipinski definition) is 1. The molecular formula is C13H25N3S. The van der Waals surface area contributed by atoms with E-state index in [1.165, 1.54) is 5.69 Å². The summed E-state index contributed by atoms with van der Waals surface area (Å²) in [6.45, 7) is 11.1. The number of nitrogens with zero attached hydrogens (tertiary/aromatic N) is 2. The van der Waals surface area contributed by atoms with Gasteiger partial charge in [-0.1, -0.05) is 20.8 Å². The van der Waals surface area contributed by atoms with E-state index >= 15 is 0 Å². The van der Waals surface area contributed by atoms with E-state index in [9.17, 15) is 0 Å². The first-order valence-electron chi connectivity index (χ1n) is 6.34. The van der Waals surface area contributed by atoms with E-state index < -0.39 is 0 Å². The van der Waals surface area contributed by atoms with Crippen LogP contribution in [0.1, 0.15) is 26.5 Å². The molecule has 0 aliphatic rings. The lowest BCUT2D eigenvalue weighted by Crippen LogP contribution is -2.32. The molecule has 1 unspecified atom stereocenters. The monoisotopic (exact) mass is 255 g/mol. The Kier molecular flexibility index (Phi) is 6.70. The van der Waals surface area contributed by atoms with Crippen molar-refractivity contribution < 1.29 is 0 Å². The molecule has 0 aliphatic heterocycles. The van der Waals surface area contributed by atoms with Crippen molar-refractivity contribution in [2.24, 2.45) is 11.8 Å². The van der Waals surface area contributed by atoms with Crippen molar-refractivity contribution in [3.05, 3.63) is 16.6 Å². The van der Waals surface area contributed by atoms with E-state index in [0.29, 0.717) is 5.92 Å². The number of thiazole rings is 1. The van der Waals surface area contributed by atoms with E-state index in [1.807, 2.05) is 5.51 Å². The summed E-state index contributed by atoms with van der Waals surface area (Å²) in [5.41, 5.74) is 3.08. The minimum atomic E-state index is 0.678. The second-order valence-corrected chi connectivity index (χ2v) is 6.05. The van der Waals surface area contributed by atoms with E-state index in [1.54, 1.807) is 11.3 Å². The van der Waals surface area contributed by atoms with Crippen LogP contribution in [0.25, 0.3) is 0 Å².